The average molecular weight is 323 g/mol. The number of halogens is 6. The molecule has 0 atom stereocenters. The highest BCUT2D eigenvalue weighted by Gasteiger charge is 2.27. The van der Waals surface area contributed by atoms with E-state index in [-0.39, 0.29) is 13.2 Å². The fourth-order valence-corrected chi connectivity index (χ4v) is 1.72. The molecule has 0 aliphatic rings. The summed E-state index contributed by atoms with van der Waals surface area (Å²) in [5.74, 6) is 0. The molecule has 0 spiro atoms. The van der Waals surface area contributed by atoms with Crippen molar-refractivity contribution in [1.82, 2.24) is 0 Å². The Morgan fingerprint density at radius 1 is 1.06 bits per heavy atom. The summed E-state index contributed by atoms with van der Waals surface area (Å²) in [5, 5.41) is 3.74. The Hall–Kier alpha value is -0.360. The second-order valence-electron chi connectivity index (χ2n) is 3.34. The number of nitrogens with one attached hydrogen (secondary N) is 1. The van der Waals surface area contributed by atoms with Crippen molar-refractivity contribution in [3.63, 3.8) is 0 Å². The summed E-state index contributed by atoms with van der Waals surface area (Å²) in [7, 11) is 0. The van der Waals surface area contributed by atoms with Crippen molar-refractivity contribution in [2.45, 2.75) is 6.18 Å². The lowest BCUT2D eigenvalue weighted by Crippen LogP contribution is -2.20. The summed E-state index contributed by atoms with van der Waals surface area (Å²) in [5.41, 5.74) is 0.488. The molecule has 1 aromatic carbocycles. The van der Waals surface area contributed by atoms with Crippen LogP contribution in [0, 0.1) is 0 Å². The van der Waals surface area contributed by atoms with Gasteiger partial charge in [0.05, 0.1) is 27.4 Å². The standard InChI is InChI=1S/C10H9Cl3F3NO/c11-6-3-8(13)9(4-7(6)12)17-1-2-18-5-10(14,15)16/h3-4,17H,1-2,5H2. The molecule has 0 bridgehead atoms. The Morgan fingerprint density at radius 3 is 2.28 bits per heavy atom. The van der Waals surface area contributed by atoms with Crippen molar-refractivity contribution in [3.8, 4) is 0 Å². The van der Waals surface area contributed by atoms with Crippen molar-refractivity contribution in [2.75, 3.05) is 25.1 Å². The first-order valence-electron chi connectivity index (χ1n) is 4.82. The SMILES string of the molecule is FC(F)(F)COCCNc1cc(Cl)c(Cl)cc1Cl. The van der Waals surface area contributed by atoms with Crippen LogP contribution in [-0.4, -0.2) is 25.9 Å². The van der Waals surface area contributed by atoms with Gasteiger partial charge in [-0.05, 0) is 12.1 Å². The molecule has 18 heavy (non-hydrogen) atoms. The maximum absolute atomic E-state index is 11.8. The molecule has 102 valence electrons. The molecular formula is C10H9Cl3F3NO. The Balaban J connectivity index is 2.38. The minimum atomic E-state index is -4.32. The van der Waals surface area contributed by atoms with Crippen LogP contribution in [0.4, 0.5) is 18.9 Å². The van der Waals surface area contributed by atoms with Crippen LogP contribution in [-0.2, 0) is 4.74 Å². The molecule has 1 N–H and O–H groups in total. The predicted molar refractivity (Wildman–Crippen MR) is 66.8 cm³/mol. The predicted octanol–water partition coefficient (Wildman–Crippen LogP) is 4.64. The molecule has 0 amide bonds. The van der Waals surface area contributed by atoms with E-state index in [9.17, 15) is 13.2 Å². The minimum Gasteiger partial charge on any atom is -0.381 e. The Labute approximate surface area is 117 Å². The van der Waals surface area contributed by atoms with Crippen LogP contribution in [0.5, 0.6) is 0 Å². The minimum absolute atomic E-state index is 0.101. The van der Waals surface area contributed by atoms with E-state index in [0.717, 1.165) is 0 Å². The molecule has 0 radical (unpaired) electrons. The highest BCUT2D eigenvalue weighted by atomic mass is 35.5. The van der Waals surface area contributed by atoms with E-state index in [1.807, 2.05) is 0 Å². The van der Waals surface area contributed by atoms with Gasteiger partial charge in [0.15, 0.2) is 0 Å². The normalized spacial score (nSPS) is 11.7. The van der Waals surface area contributed by atoms with Crippen LogP contribution < -0.4 is 5.32 Å². The van der Waals surface area contributed by atoms with Gasteiger partial charge in [0.2, 0.25) is 0 Å². The zero-order valence-corrected chi connectivity index (χ0v) is 11.2. The lowest BCUT2D eigenvalue weighted by Gasteiger charge is -2.11. The van der Waals surface area contributed by atoms with E-state index < -0.39 is 12.8 Å². The molecule has 0 aliphatic heterocycles. The lowest BCUT2D eigenvalue weighted by atomic mass is 10.3. The van der Waals surface area contributed by atoms with Gasteiger partial charge >= 0.3 is 6.18 Å². The van der Waals surface area contributed by atoms with Crippen LogP contribution in [0.25, 0.3) is 0 Å². The summed E-state index contributed by atoms with van der Waals surface area (Å²) in [6, 6.07) is 2.94. The molecule has 0 heterocycles. The monoisotopic (exact) mass is 321 g/mol. The van der Waals surface area contributed by atoms with E-state index >= 15 is 0 Å². The molecule has 8 heteroatoms. The van der Waals surface area contributed by atoms with Crippen molar-refractivity contribution < 1.29 is 17.9 Å². The van der Waals surface area contributed by atoms with Gasteiger partial charge in [0, 0.05) is 6.54 Å². The average Bonchev–Trinajstić information content (AvgIpc) is 2.23. The molecule has 0 unspecified atom stereocenters. The molecule has 0 aromatic heterocycles. The third kappa shape index (κ3) is 5.52. The second kappa shape index (κ2) is 6.70. The van der Waals surface area contributed by atoms with Gasteiger partial charge in [-0.25, -0.2) is 0 Å². The summed E-state index contributed by atoms with van der Waals surface area (Å²) in [6.07, 6.45) is -4.32. The molecule has 1 rings (SSSR count). The van der Waals surface area contributed by atoms with E-state index in [0.29, 0.717) is 20.8 Å². The number of alkyl halides is 3. The Kier molecular flexibility index (Phi) is 5.85. The van der Waals surface area contributed by atoms with E-state index in [4.69, 9.17) is 34.8 Å². The second-order valence-corrected chi connectivity index (χ2v) is 4.56. The zero-order chi connectivity index (χ0) is 13.8. The fourth-order valence-electron chi connectivity index (χ4n) is 1.10. The molecule has 0 saturated heterocycles. The maximum Gasteiger partial charge on any atom is 0.411 e. The van der Waals surface area contributed by atoms with Gasteiger partial charge in [0.1, 0.15) is 6.61 Å². The van der Waals surface area contributed by atoms with E-state index in [1.54, 1.807) is 0 Å². The third-order valence-corrected chi connectivity index (χ3v) is 2.87. The molecule has 0 saturated carbocycles. The first-order chi connectivity index (χ1) is 8.29. The maximum atomic E-state index is 11.8. The van der Waals surface area contributed by atoms with Crippen LogP contribution >= 0.6 is 34.8 Å². The quantitative estimate of drug-likeness (QED) is 0.630. The van der Waals surface area contributed by atoms with Gasteiger partial charge in [-0.3, -0.25) is 0 Å². The summed E-state index contributed by atoms with van der Waals surface area (Å²) in [4.78, 5) is 0. The molecule has 0 fully saturated rings. The largest absolute Gasteiger partial charge is 0.411 e. The van der Waals surface area contributed by atoms with Crippen molar-refractivity contribution >= 4 is 40.5 Å². The number of rotatable bonds is 5. The van der Waals surface area contributed by atoms with E-state index in [2.05, 4.69) is 10.1 Å². The van der Waals surface area contributed by atoms with Crippen molar-refractivity contribution in [3.05, 3.63) is 27.2 Å². The summed E-state index contributed by atoms with van der Waals surface area (Å²) in [6.45, 7) is -1.20. The van der Waals surface area contributed by atoms with Gasteiger partial charge in [-0.15, -0.1) is 0 Å². The van der Waals surface area contributed by atoms with E-state index in [1.165, 1.54) is 12.1 Å². The van der Waals surface area contributed by atoms with Crippen molar-refractivity contribution in [1.29, 1.82) is 0 Å². The van der Waals surface area contributed by atoms with Crippen LogP contribution in [0.1, 0.15) is 0 Å². The topological polar surface area (TPSA) is 21.3 Å². The Morgan fingerprint density at radius 2 is 1.67 bits per heavy atom. The van der Waals surface area contributed by atoms with Crippen LogP contribution in [0.15, 0.2) is 12.1 Å². The van der Waals surface area contributed by atoms with Gasteiger partial charge < -0.3 is 10.1 Å². The van der Waals surface area contributed by atoms with Crippen molar-refractivity contribution in [2.24, 2.45) is 0 Å². The summed E-state index contributed by atoms with van der Waals surface area (Å²) >= 11 is 17.4. The van der Waals surface area contributed by atoms with Crippen LogP contribution in [0.3, 0.4) is 0 Å². The number of hydrogen-bond donors (Lipinski definition) is 1. The highest BCUT2D eigenvalue weighted by molar-refractivity contribution is 6.44. The molecule has 2 nitrogen and oxygen atoms in total. The first-order valence-corrected chi connectivity index (χ1v) is 5.96. The highest BCUT2D eigenvalue weighted by Crippen LogP contribution is 2.32. The molecular weight excluding hydrogens is 313 g/mol. The third-order valence-electron chi connectivity index (χ3n) is 1.84. The first kappa shape index (κ1) is 15.7. The van der Waals surface area contributed by atoms with Gasteiger partial charge in [-0.1, -0.05) is 34.8 Å². The number of ether oxygens (including phenoxy) is 1. The number of hydrogen-bond acceptors (Lipinski definition) is 2. The van der Waals surface area contributed by atoms with Gasteiger partial charge in [0.25, 0.3) is 0 Å². The van der Waals surface area contributed by atoms with Gasteiger partial charge in [-0.2, -0.15) is 13.2 Å². The van der Waals surface area contributed by atoms with Crippen LogP contribution in [0.2, 0.25) is 15.1 Å². The molecule has 1 aromatic rings. The lowest BCUT2D eigenvalue weighted by molar-refractivity contribution is -0.172. The summed E-state index contributed by atoms with van der Waals surface area (Å²) < 4.78 is 39.7. The smallest absolute Gasteiger partial charge is 0.381 e. The zero-order valence-electron chi connectivity index (χ0n) is 8.95. The number of anilines is 1. The fraction of sp³-hybridized carbons (Fsp3) is 0.400. The number of benzene rings is 1. The molecule has 0 aliphatic carbocycles. The Bertz CT molecular complexity index is 412.